The summed E-state index contributed by atoms with van der Waals surface area (Å²) in [6.07, 6.45) is 0. The number of anilines is 1. The number of rotatable bonds is 2. The second-order valence-corrected chi connectivity index (χ2v) is 4.84. The Bertz CT molecular complexity index is 612. The van der Waals surface area contributed by atoms with Crippen molar-refractivity contribution in [1.82, 2.24) is 5.32 Å². The SMILES string of the molecule is COc1ccc(N2C(=O)NC(=O)C(C)(C)C2=O)cc1F. The maximum absolute atomic E-state index is 13.7. The standard InChI is InChI=1S/C13H13FN2O4/c1-13(2)10(17)15-12(19)16(11(13)18)7-4-5-9(20-3)8(14)6-7/h4-6H,1-3H3,(H,15,17,19). The van der Waals surface area contributed by atoms with Crippen molar-refractivity contribution < 1.29 is 23.5 Å². The number of imide groups is 2. The van der Waals surface area contributed by atoms with Gasteiger partial charge >= 0.3 is 6.03 Å². The lowest BCUT2D eigenvalue weighted by Crippen LogP contribution is -2.62. The first-order valence-electron chi connectivity index (χ1n) is 5.82. The Labute approximate surface area is 114 Å². The highest BCUT2D eigenvalue weighted by molar-refractivity contribution is 6.29. The predicted octanol–water partition coefficient (Wildman–Crippen LogP) is 1.44. The van der Waals surface area contributed by atoms with E-state index in [9.17, 15) is 18.8 Å². The summed E-state index contributed by atoms with van der Waals surface area (Å²) in [5.74, 6) is -2.11. The maximum atomic E-state index is 13.7. The Morgan fingerprint density at radius 2 is 1.90 bits per heavy atom. The molecule has 0 saturated carbocycles. The van der Waals surface area contributed by atoms with E-state index in [0.29, 0.717) is 0 Å². The number of hydrogen-bond acceptors (Lipinski definition) is 4. The number of halogens is 1. The van der Waals surface area contributed by atoms with Gasteiger partial charge in [-0.15, -0.1) is 0 Å². The molecule has 0 atom stereocenters. The van der Waals surface area contributed by atoms with Gasteiger partial charge in [-0.2, -0.15) is 0 Å². The Morgan fingerprint density at radius 1 is 1.25 bits per heavy atom. The van der Waals surface area contributed by atoms with Crippen LogP contribution in [-0.2, 0) is 9.59 Å². The summed E-state index contributed by atoms with van der Waals surface area (Å²) >= 11 is 0. The first-order chi connectivity index (χ1) is 9.28. The molecule has 1 aromatic rings. The Balaban J connectivity index is 2.46. The zero-order chi connectivity index (χ0) is 15.1. The molecule has 0 bridgehead atoms. The van der Waals surface area contributed by atoms with Gasteiger partial charge in [-0.25, -0.2) is 14.1 Å². The van der Waals surface area contributed by atoms with E-state index in [-0.39, 0.29) is 11.4 Å². The topological polar surface area (TPSA) is 75.7 Å². The van der Waals surface area contributed by atoms with Crippen molar-refractivity contribution in [2.24, 2.45) is 5.41 Å². The zero-order valence-corrected chi connectivity index (χ0v) is 11.2. The number of amides is 4. The van der Waals surface area contributed by atoms with Crippen LogP contribution in [0.1, 0.15) is 13.8 Å². The van der Waals surface area contributed by atoms with Gasteiger partial charge in [0.05, 0.1) is 12.8 Å². The molecule has 1 aliphatic heterocycles. The molecule has 0 spiro atoms. The fourth-order valence-electron chi connectivity index (χ4n) is 1.81. The summed E-state index contributed by atoms with van der Waals surface area (Å²) in [5.41, 5.74) is -1.36. The molecule has 2 rings (SSSR count). The quantitative estimate of drug-likeness (QED) is 0.832. The fraction of sp³-hybridized carbons (Fsp3) is 0.308. The van der Waals surface area contributed by atoms with Crippen LogP contribution < -0.4 is 15.0 Å². The zero-order valence-electron chi connectivity index (χ0n) is 11.2. The largest absolute Gasteiger partial charge is 0.494 e. The average molecular weight is 280 g/mol. The van der Waals surface area contributed by atoms with E-state index < -0.39 is 29.1 Å². The van der Waals surface area contributed by atoms with Gasteiger partial charge in [0.1, 0.15) is 5.41 Å². The van der Waals surface area contributed by atoms with Crippen molar-refractivity contribution in [3.05, 3.63) is 24.0 Å². The van der Waals surface area contributed by atoms with E-state index in [1.807, 2.05) is 0 Å². The fourth-order valence-corrected chi connectivity index (χ4v) is 1.81. The van der Waals surface area contributed by atoms with Crippen LogP contribution in [0.15, 0.2) is 18.2 Å². The molecule has 106 valence electrons. The summed E-state index contributed by atoms with van der Waals surface area (Å²) in [5, 5.41) is 2.07. The minimum Gasteiger partial charge on any atom is -0.494 e. The van der Waals surface area contributed by atoms with E-state index in [1.54, 1.807) is 0 Å². The summed E-state index contributed by atoms with van der Waals surface area (Å²) in [6.45, 7) is 2.79. The van der Waals surface area contributed by atoms with E-state index in [2.05, 4.69) is 5.32 Å². The van der Waals surface area contributed by atoms with Crippen LogP contribution in [0.3, 0.4) is 0 Å². The van der Waals surface area contributed by atoms with Gasteiger partial charge in [0.2, 0.25) is 11.8 Å². The molecule has 0 unspecified atom stereocenters. The number of methoxy groups -OCH3 is 1. The number of nitrogens with one attached hydrogen (secondary N) is 1. The Morgan fingerprint density at radius 3 is 2.45 bits per heavy atom. The third-order valence-corrected chi connectivity index (χ3v) is 3.12. The summed E-state index contributed by atoms with van der Waals surface area (Å²) in [4.78, 5) is 36.4. The summed E-state index contributed by atoms with van der Waals surface area (Å²) < 4.78 is 18.4. The molecular weight excluding hydrogens is 267 g/mol. The molecule has 1 fully saturated rings. The lowest BCUT2D eigenvalue weighted by atomic mass is 9.88. The number of hydrogen-bond donors (Lipinski definition) is 1. The number of urea groups is 1. The third kappa shape index (κ3) is 2.01. The van der Waals surface area contributed by atoms with Crippen molar-refractivity contribution in [3.63, 3.8) is 0 Å². The van der Waals surface area contributed by atoms with Crippen molar-refractivity contribution in [3.8, 4) is 5.75 Å². The van der Waals surface area contributed by atoms with Gasteiger partial charge in [0, 0.05) is 6.07 Å². The van der Waals surface area contributed by atoms with Crippen LogP contribution in [-0.4, -0.2) is 25.0 Å². The van der Waals surface area contributed by atoms with Gasteiger partial charge in [-0.1, -0.05) is 0 Å². The Kier molecular flexibility index (Phi) is 3.21. The number of benzene rings is 1. The molecule has 1 aromatic carbocycles. The number of ether oxygens (including phenoxy) is 1. The smallest absolute Gasteiger partial charge is 0.335 e. The van der Waals surface area contributed by atoms with E-state index >= 15 is 0 Å². The van der Waals surface area contributed by atoms with Crippen molar-refractivity contribution >= 4 is 23.5 Å². The summed E-state index contributed by atoms with van der Waals surface area (Å²) in [6, 6.07) is 2.77. The number of nitrogens with zero attached hydrogens (tertiary/aromatic N) is 1. The summed E-state index contributed by atoms with van der Waals surface area (Å²) in [7, 11) is 1.30. The molecule has 20 heavy (non-hydrogen) atoms. The van der Waals surface area contributed by atoms with Crippen LogP contribution in [0.5, 0.6) is 5.75 Å². The average Bonchev–Trinajstić information content (AvgIpc) is 2.37. The maximum Gasteiger partial charge on any atom is 0.335 e. The minimum atomic E-state index is -1.40. The van der Waals surface area contributed by atoms with Crippen LogP contribution in [0.2, 0.25) is 0 Å². The van der Waals surface area contributed by atoms with Crippen LogP contribution in [0.4, 0.5) is 14.9 Å². The second kappa shape index (κ2) is 4.59. The first kappa shape index (κ1) is 14.0. The minimum absolute atomic E-state index is 0.00560. The van der Waals surface area contributed by atoms with E-state index in [1.165, 1.54) is 33.1 Å². The molecule has 4 amide bonds. The molecule has 0 aliphatic carbocycles. The van der Waals surface area contributed by atoms with Gasteiger partial charge in [-0.3, -0.25) is 14.9 Å². The van der Waals surface area contributed by atoms with Crippen LogP contribution in [0.25, 0.3) is 0 Å². The highest BCUT2D eigenvalue weighted by Gasteiger charge is 2.47. The Hall–Kier alpha value is -2.44. The monoisotopic (exact) mass is 280 g/mol. The molecule has 1 aliphatic rings. The molecule has 0 radical (unpaired) electrons. The van der Waals surface area contributed by atoms with Crippen molar-refractivity contribution in [2.45, 2.75) is 13.8 Å². The lowest BCUT2D eigenvalue weighted by Gasteiger charge is -2.34. The van der Waals surface area contributed by atoms with E-state index in [0.717, 1.165) is 11.0 Å². The molecular formula is C13H13FN2O4. The number of carbonyl (C=O) groups excluding carboxylic acids is 3. The number of barbiturate groups is 1. The van der Waals surface area contributed by atoms with Gasteiger partial charge in [-0.05, 0) is 26.0 Å². The van der Waals surface area contributed by atoms with Crippen molar-refractivity contribution in [2.75, 3.05) is 12.0 Å². The molecule has 7 heteroatoms. The van der Waals surface area contributed by atoms with Crippen molar-refractivity contribution in [1.29, 1.82) is 0 Å². The molecule has 6 nitrogen and oxygen atoms in total. The highest BCUT2D eigenvalue weighted by atomic mass is 19.1. The molecule has 0 aromatic heterocycles. The number of carbonyl (C=O) groups is 3. The molecule has 1 heterocycles. The van der Waals surface area contributed by atoms with Gasteiger partial charge in [0.15, 0.2) is 11.6 Å². The van der Waals surface area contributed by atoms with E-state index in [4.69, 9.17) is 4.74 Å². The normalized spacial score (nSPS) is 18.0. The molecule has 1 saturated heterocycles. The molecule has 1 N–H and O–H groups in total. The predicted molar refractivity (Wildman–Crippen MR) is 67.8 cm³/mol. The third-order valence-electron chi connectivity index (χ3n) is 3.12. The van der Waals surface area contributed by atoms with Crippen LogP contribution in [0, 0.1) is 11.2 Å². The van der Waals surface area contributed by atoms with Gasteiger partial charge in [0.25, 0.3) is 0 Å². The van der Waals surface area contributed by atoms with Gasteiger partial charge < -0.3 is 4.74 Å². The first-order valence-corrected chi connectivity index (χ1v) is 5.82. The highest BCUT2D eigenvalue weighted by Crippen LogP contribution is 2.30. The lowest BCUT2D eigenvalue weighted by molar-refractivity contribution is -0.140. The van der Waals surface area contributed by atoms with Crippen LogP contribution >= 0.6 is 0 Å². The second-order valence-electron chi connectivity index (χ2n) is 4.84.